The Morgan fingerprint density at radius 2 is 2.07 bits per heavy atom. The molecule has 1 aromatic rings. The number of nitrogens with one attached hydrogen (secondary N) is 1. The summed E-state index contributed by atoms with van der Waals surface area (Å²) < 4.78 is 0. The van der Waals surface area contributed by atoms with Gasteiger partial charge in [-0.2, -0.15) is 0 Å². The number of hydrogen-bond donors (Lipinski definition) is 1. The lowest BCUT2D eigenvalue weighted by Gasteiger charge is -2.16. The van der Waals surface area contributed by atoms with Crippen molar-refractivity contribution in [1.29, 1.82) is 0 Å². The Hall–Kier alpha value is -1.16. The van der Waals surface area contributed by atoms with Crippen molar-refractivity contribution in [2.45, 2.75) is 13.3 Å². The standard InChI is InChI=1S/C10H16N2O2/c1-3-5-12(2)6-4-11-8-7-9(13)10(8)14/h7,11H,3-6H2,1-2H3. The molecule has 0 spiro atoms. The van der Waals surface area contributed by atoms with Gasteiger partial charge in [0.1, 0.15) is 0 Å². The van der Waals surface area contributed by atoms with Gasteiger partial charge in [0.2, 0.25) is 10.9 Å². The van der Waals surface area contributed by atoms with Gasteiger partial charge in [-0.3, -0.25) is 9.59 Å². The van der Waals surface area contributed by atoms with E-state index in [4.69, 9.17) is 0 Å². The van der Waals surface area contributed by atoms with Crippen molar-refractivity contribution in [2.24, 2.45) is 0 Å². The van der Waals surface area contributed by atoms with E-state index in [9.17, 15) is 9.59 Å². The van der Waals surface area contributed by atoms with Gasteiger partial charge < -0.3 is 10.2 Å². The average molecular weight is 196 g/mol. The predicted octanol–water partition coefficient (Wildman–Crippen LogP) is 0.0363. The first-order valence-electron chi connectivity index (χ1n) is 4.88. The zero-order valence-electron chi connectivity index (χ0n) is 8.67. The van der Waals surface area contributed by atoms with Gasteiger partial charge in [0.15, 0.2) is 0 Å². The minimum atomic E-state index is -0.394. The quantitative estimate of drug-likeness (QED) is 0.652. The maximum atomic E-state index is 10.9. The third-order valence-electron chi connectivity index (χ3n) is 2.16. The summed E-state index contributed by atoms with van der Waals surface area (Å²) in [4.78, 5) is 23.6. The van der Waals surface area contributed by atoms with Crippen LogP contribution in [0.15, 0.2) is 15.7 Å². The van der Waals surface area contributed by atoms with E-state index in [0.717, 1.165) is 19.5 Å². The van der Waals surface area contributed by atoms with E-state index < -0.39 is 5.43 Å². The van der Waals surface area contributed by atoms with Gasteiger partial charge in [-0.05, 0) is 20.0 Å². The molecule has 1 N–H and O–H groups in total. The van der Waals surface area contributed by atoms with Crippen molar-refractivity contribution < 1.29 is 0 Å². The molecule has 1 rings (SSSR count). The summed E-state index contributed by atoms with van der Waals surface area (Å²) >= 11 is 0. The largest absolute Gasteiger partial charge is 0.380 e. The molecule has 0 aliphatic carbocycles. The topological polar surface area (TPSA) is 49.4 Å². The van der Waals surface area contributed by atoms with Crippen LogP contribution in [0.25, 0.3) is 0 Å². The van der Waals surface area contributed by atoms with Crippen LogP contribution in [0.2, 0.25) is 0 Å². The molecule has 0 heterocycles. The highest BCUT2D eigenvalue weighted by atomic mass is 16.2. The van der Waals surface area contributed by atoms with Gasteiger partial charge in [0.05, 0.1) is 5.69 Å². The van der Waals surface area contributed by atoms with E-state index in [1.54, 1.807) is 0 Å². The van der Waals surface area contributed by atoms with Gasteiger partial charge >= 0.3 is 0 Å². The van der Waals surface area contributed by atoms with Crippen LogP contribution in [-0.2, 0) is 0 Å². The normalized spacial score (nSPS) is 11.1. The second kappa shape index (κ2) is 4.91. The molecule has 1 aromatic carbocycles. The molecule has 0 radical (unpaired) electrons. The SMILES string of the molecule is CCCN(C)CCNc1cc(=O)c1=O. The van der Waals surface area contributed by atoms with Gasteiger partial charge in [0, 0.05) is 19.2 Å². The van der Waals surface area contributed by atoms with E-state index in [-0.39, 0.29) is 5.43 Å². The van der Waals surface area contributed by atoms with Crippen LogP contribution in [0.1, 0.15) is 13.3 Å². The van der Waals surface area contributed by atoms with Crippen LogP contribution in [-0.4, -0.2) is 31.6 Å². The van der Waals surface area contributed by atoms with Gasteiger partial charge in [0.25, 0.3) is 0 Å². The summed E-state index contributed by atoms with van der Waals surface area (Å²) in [5, 5.41) is 2.94. The number of nitrogens with zero attached hydrogens (tertiary/aromatic N) is 1. The highest BCUT2D eigenvalue weighted by Gasteiger charge is 2.07. The maximum Gasteiger partial charge on any atom is 0.248 e. The lowest BCUT2D eigenvalue weighted by atomic mass is 10.2. The second-order valence-corrected chi connectivity index (χ2v) is 3.48. The van der Waals surface area contributed by atoms with E-state index in [0.29, 0.717) is 12.2 Å². The molecule has 0 unspecified atom stereocenters. The van der Waals surface area contributed by atoms with E-state index in [1.807, 2.05) is 7.05 Å². The first-order chi connectivity index (χ1) is 6.65. The summed E-state index contributed by atoms with van der Waals surface area (Å²) in [6.07, 6.45) is 1.12. The van der Waals surface area contributed by atoms with Crippen molar-refractivity contribution in [3.63, 3.8) is 0 Å². The van der Waals surface area contributed by atoms with E-state index in [1.165, 1.54) is 6.07 Å². The molecule has 0 aliphatic heterocycles. The second-order valence-electron chi connectivity index (χ2n) is 3.48. The maximum absolute atomic E-state index is 10.9. The zero-order chi connectivity index (χ0) is 10.6. The Bertz CT molecular complexity index is 353. The van der Waals surface area contributed by atoms with Crippen LogP contribution in [0.4, 0.5) is 5.69 Å². The molecule has 0 saturated heterocycles. The molecular weight excluding hydrogens is 180 g/mol. The third kappa shape index (κ3) is 2.67. The number of rotatable bonds is 6. The van der Waals surface area contributed by atoms with E-state index in [2.05, 4.69) is 17.1 Å². The van der Waals surface area contributed by atoms with Crippen molar-refractivity contribution in [2.75, 3.05) is 32.0 Å². The van der Waals surface area contributed by atoms with Crippen LogP contribution >= 0.6 is 0 Å². The fraction of sp³-hybridized carbons (Fsp3) is 0.600. The molecule has 0 aliphatic rings. The highest BCUT2D eigenvalue weighted by Crippen LogP contribution is 1.94. The minimum absolute atomic E-state index is 0.386. The monoisotopic (exact) mass is 196 g/mol. The molecule has 14 heavy (non-hydrogen) atoms. The zero-order valence-corrected chi connectivity index (χ0v) is 8.67. The van der Waals surface area contributed by atoms with Crippen molar-refractivity contribution in [3.8, 4) is 0 Å². The molecule has 0 bridgehead atoms. The molecule has 0 atom stereocenters. The fourth-order valence-corrected chi connectivity index (χ4v) is 1.32. The van der Waals surface area contributed by atoms with Crippen molar-refractivity contribution >= 4 is 5.69 Å². The third-order valence-corrected chi connectivity index (χ3v) is 2.16. The molecule has 0 saturated carbocycles. The minimum Gasteiger partial charge on any atom is -0.380 e. The molecule has 0 amide bonds. The van der Waals surface area contributed by atoms with Gasteiger partial charge in [-0.25, -0.2) is 0 Å². The lowest BCUT2D eigenvalue weighted by molar-refractivity contribution is 0.348. The molecule has 4 heteroatoms. The van der Waals surface area contributed by atoms with Gasteiger partial charge in [-0.1, -0.05) is 6.92 Å². The Labute approximate surface area is 83.2 Å². The Morgan fingerprint density at radius 1 is 1.36 bits per heavy atom. The van der Waals surface area contributed by atoms with E-state index >= 15 is 0 Å². The predicted molar refractivity (Wildman–Crippen MR) is 57.6 cm³/mol. The van der Waals surface area contributed by atoms with Crippen molar-refractivity contribution in [3.05, 3.63) is 26.5 Å². The Balaban J connectivity index is 2.20. The lowest BCUT2D eigenvalue weighted by Crippen LogP contribution is -2.34. The molecule has 0 aromatic heterocycles. The summed E-state index contributed by atoms with van der Waals surface area (Å²) in [6.45, 7) is 4.77. The summed E-state index contributed by atoms with van der Waals surface area (Å²) in [6, 6.07) is 1.35. The molecule has 4 nitrogen and oxygen atoms in total. The van der Waals surface area contributed by atoms with Crippen LogP contribution < -0.4 is 16.2 Å². The number of anilines is 1. The smallest absolute Gasteiger partial charge is 0.248 e. The summed E-state index contributed by atoms with van der Waals surface area (Å²) in [7, 11) is 2.04. The van der Waals surface area contributed by atoms with Crippen molar-refractivity contribution in [1.82, 2.24) is 4.90 Å². The first-order valence-corrected chi connectivity index (χ1v) is 4.88. The summed E-state index contributed by atoms with van der Waals surface area (Å²) in [5.41, 5.74) is -0.322. The Kier molecular flexibility index (Phi) is 3.83. The molecule has 78 valence electrons. The Morgan fingerprint density at radius 3 is 2.57 bits per heavy atom. The van der Waals surface area contributed by atoms with Crippen LogP contribution in [0, 0.1) is 0 Å². The average Bonchev–Trinajstić information content (AvgIpc) is 2.16. The van der Waals surface area contributed by atoms with Gasteiger partial charge in [-0.15, -0.1) is 0 Å². The number of hydrogen-bond acceptors (Lipinski definition) is 4. The first kappa shape index (κ1) is 10.9. The highest BCUT2D eigenvalue weighted by molar-refractivity contribution is 5.46. The number of likely N-dealkylation sites (N-methyl/N-ethyl adjacent to an activating group) is 1. The van der Waals surface area contributed by atoms with Crippen LogP contribution in [0.5, 0.6) is 0 Å². The summed E-state index contributed by atoms with van der Waals surface area (Å²) in [5.74, 6) is 0. The molecule has 0 fully saturated rings. The molecular formula is C10H16N2O2. The van der Waals surface area contributed by atoms with Crippen LogP contribution in [0.3, 0.4) is 0 Å². The fourth-order valence-electron chi connectivity index (χ4n) is 1.32.